The average molecular weight is 372 g/mol. The molecular formula is C18H17FN4O2S. The van der Waals surface area contributed by atoms with E-state index >= 15 is 0 Å². The van der Waals surface area contributed by atoms with Gasteiger partial charge < -0.3 is 5.32 Å². The number of nitrogens with zero attached hydrogens (tertiary/aromatic N) is 2. The zero-order valence-electron chi connectivity index (χ0n) is 14.0. The molecule has 8 heteroatoms. The summed E-state index contributed by atoms with van der Waals surface area (Å²) in [6, 6.07) is 10.7. The molecule has 0 aliphatic heterocycles. The summed E-state index contributed by atoms with van der Waals surface area (Å²) < 4.78 is 40.5. The van der Waals surface area contributed by atoms with E-state index in [-0.39, 0.29) is 10.5 Å². The highest BCUT2D eigenvalue weighted by Gasteiger charge is 2.15. The van der Waals surface area contributed by atoms with Crippen LogP contribution in [-0.2, 0) is 16.6 Å². The number of halogens is 1. The summed E-state index contributed by atoms with van der Waals surface area (Å²) >= 11 is 0. The van der Waals surface area contributed by atoms with E-state index < -0.39 is 15.8 Å². The maximum atomic E-state index is 13.3. The molecule has 26 heavy (non-hydrogen) atoms. The van der Waals surface area contributed by atoms with Gasteiger partial charge in [0.1, 0.15) is 11.6 Å². The minimum Gasteiger partial charge on any atom is -0.366 e. The molecule has 2 heterocycles. The first-order valence-electron chi connectivity index (χ1n) is 7.82. The Labute approximate surface area is 151 Å². The van der Waals surface area contributed by atoms with Crippen LogP contribution in [-0.4, -0.2) is 18.4 Å². The third kappa shape index (κ3) is 4.34. The molecule has 0 amide bonds. The van der Waals surface area contributed by atoms with Gasteiger partial charge in [0.15, 0.2) is 0 Å². The fourth-order valence-electron chi connectivity index (χ4n) is 2.25. The highest BCUT2D eigenvalue weighted by Crippen LogP contribution is 2.19. The zero-order valence-corrected chi connectivity index (χ0v) is 14.8. The van der Waals surface area contributed by atoms with Crippen LogP contribution in [0.15, 0.2) is 66.0 Å². The van der Waals surface area contributed by atoms with Crippen LogP contribution in [0.5, 0.6) is 0 Å². The molecule has 0 unspecified atom stereocenters. The number of sulfonamides is 1. The first-order valence-corrected chi connectivity index (χ1v) is 9.30. The van der Waals surface area contributed by atoms with Gasteiger partial charge in [-0.15, -0.1) is 0 Å². The standard InChI is InChI=1S/C18H17FN4O2S/c1-13-9-16(5-6-17(13)19)26(24,25)23-15-4-7-18(22-12-15)21-11-14-3-2-8-20-10-14/h2-10,12,23H,11H2,1H3,(H,21,22). The van der Waals surface area contributed by atoms with Gasteiger partial charge in [-0.2, -0.15) is 0 Å². The van der Waals surface area contributed by atoms with Gasteiger partial charge in [0, 0.05) is 18.9 Å². The second kappa shape index (κ2) is 7.49. The minimum absolute atomic E-state index is 0.00446. The van der Waals surface area contributed by atoms with Gasteiger partial charge in [-0.25, -0.2) is 17.8 Å². The zero-order chi connectivity index (χ0) is 18.6. The fourth-order valence-corrected chi connectivity index (χ4v) is 3.38. The van der Waals surface area contributed by atoms with Crippen molar-refractivity contribution in [1.82, 2.24) is 9.97 Å². The van der Waals surface area contributed by atoms with Gasteiger partial charge in [0.05, 0.1) is 16.8 Å². The van der Waals surface area contributed by atoms with E-state index in [0.717, 1.165) is 11.6 Å². The number of aromatic nitrogens is 2. The molecule has 3 aromatic rings. The monoisotopic (exact) mass is 372 g/mol. The van der Waals surface area contributed by atoms with E-state index in [9.17, 15) is 12.8 Å². The van der Waals surface area contributed by atoms with Gasteiger partial charge in [0.25, 0.3) is 10.0 Å². The van der Waals surface area contributed by atoms with Crippen LogP contribution in [0.1, 0.15) is 11.1 Å². The third-order valence-electron chi connectivity index (χ3n) is 3.65. The summed E-state index contributed by atoms with van der Waals surface area (Å²) in [6.07, 6.45) is 4.87. The Morgan fingerprint density at radius 2 is 1.96 bits per heavy atom. The lowest BCUT2D eigenvalue weighted by Gasteiger charge is -2.10. The summed E-state index contributed by atoms with van der Waals surface area (Å²) in [4.78, 5) is 8.21. The van der Waals surface area contributed by atoms with E-state index in [1.807, 2.05) is 12.1 Å². The molecule has 1 aromatic carbocycles. The van der Waals surface area contributed by atoms with Crippen LogP contribution in [0, 0.1) is 12.7 Å². The molecule has 0 spiro atoms. The van der Waals surface area contributed by atoms with E-state index in [4.69, 9.17) is 0 Å². The van der Waals surface area contributed by atoms with Crippen molar-refractivity contribution in [1.29, 1.82) is 0 Å². The van der Waals surface area contributed by atoms with Crippen molar-refractivity contribution in [2.24, 2.45) is 0 Å². The molecule has 0 saturated heterocycles. The highest BCUT2D eigenvalue weighted by molar-refractivity contribution is 7.92. The number of hydrogen-bond donors (Lipinski definition) is 2. The molecule has 0 atom stereocenters. The van der Waals surface area contributed by atoms with Crippen LogP contribution >= 0.6 is 0 Å². The van der Waals surface area contributed by atoms with Crippen molar-refractivity contribution >= 4 is 21.5 Å². The summed E-state index contributed by atoms with van der Waals surface area (Å²) in [5, 5.41) is 3.13. The van der Waals surface area contributed by atoms with Crippen molar-refractivity contribution in [3.63, 3.8) is 0 Å². The maximum absolute atomic E-state index is 13.3. The van der Waals surface area contributed by atoms with Crippen LogP contribution < -0.4 is 10.0 Å². The maximum Gasteiger partial charge on any atom is 0.261 e. The SMILES string of the molecule is Cc1cc(S(=O)(=O)Nc2ccc(NCc3cccnc3)nc2)ccc1F. The lowest BCUT2D eigenvalue weighted by atomic mass is 10.2. The van der Waals surface area contributed by atoms with E-state index in [2.05, 4.69) is 20.0 Å². The number of rotatable bonds is 6. The van der Waals surface area contributed by atoms with Gasteiger partial charge in [-0.3, -0.25) is 9.71 Å². The van der Waals surface area contributed by atoms with Crippen LogP contribution in [0.25, 0.3) is 0 Å². The molecule has 2 aromatic heterocycles. The largest absolute Gasteiger partial charge is 0.366 e. The Balaban J connectivity index is 1.67. The van der Waals surface area contributed by atoms with Crippen molar-refractivity contribution in [3.05, 3.63) is 78.0 Å². The van der Waals surface area contributed by atoms with E-state index in [1.54, 1.807) is 24.5 Å². The summed E-state index contributed by atoms with van der Waals surface area (Å²) in [7, 11) is -3.81. The third-order valence-corrected chi connectivity index (χ3v) is 5.03. The van der Waals surface area contributed by atoms with Gasteiger partial charge in [0.2, 0.25) is 0 Å². The Bertz CT molecular complexity index is 993. The molecule has 0 radical (unpaired) electrons. The summed E-state index contributed by atoms with van der Waals surface area (Å²) in [6.45, 7) is 2.07. The van der Waals surface area contributed by atoms with Crippen molar-refractivity contribution in [2.45, 2.75) is 18.4 Å². The number of hydrogen-bond acceptors (Lipinski definition) is 5. The van der Waals surface area contributed by atoms with Crippen LogP contribution in [0.3, 0.4) is 0 Å². The molecule has 0 saturated carbocycles. The van der Waals surface area contributed by atoms with Gasteiger partial charge >= 0.3 is 0 Å². The smallest absolute Gasteiger partial charge is 0.261 e. The number of anilines is 2. The molecule has 0 fully saturated rings. The minimum atomic E-state index is -3.81. The molecule has 0 aliphatic rings. The topological polar surface area (TPSA) is 84.0 Å². The lowest BCUT2D eigenvalue weighted by Crippen LogP contribution is -2.13. The van der Waals surface area contributed by atoms with Gasteiger partial charge in [-0.1, -0.05) is 6.07 Å². The first kappa shape index (κ1) is 17.8. The van der Waals surface area contributed by atoms with Crippen LogP contribution in [0.4, 0.5) is 15.9 Å². The second-order valence-electron chi connectivity index (χ2n) is 5.66. The molecular weight excluding hydrogens is 355 g/mol. The molecule has 3 rings (SSSR count). The Morgan fingerprint density at radius 3 is 2.62 bits per heavy atom. The predicted molar refractivity (Wildman–Crippen MR) is 97.7 cm³/mol. The summed E-state index contributed by atoms with van der Waals surface area (Å²) in [5.74, 6) is 0.157. The quantitative estimate of drug-likeness (QED) is 0.693. The Hall–Kier alpha value is -3.00. The predicted octanol–water partition coefficient (Wildman–Crippen LogP) is 3.34. The molecule has 6 nitrogen and oxygen atoms in total. The van der Waals surface area contributed by atoms with E-state index in [0.29, 0.717) is 18.1 Å². The average Bonchev–Trinajstić information content (AvgIpc) is 2.64. The molecule has 134 valence electrons. The molecule has 0 bridgehead atoms. The summed E-state index contributed by atoms with van der Waals surface area (Å²) in [5.41, 5.74) is 1.59. The van der Waals surface area contributed by atoms with Crippen molar-refractivity contribution in [3.8, 4) is 0 Å². The fraction of sp³-hybridized carbons (Fsp3) is 0.111. The number of pyridine rings is 2. The molecule has 0 aliphatic carbocycles. The Morgan fingerprint density at radius 1 is 1.12 bits per heavy atom. The first-order chi connectivity index (χ1) is 12.4. The number of benzene rings is 1. The van der Waals surface area contributed by atoms with Crippen molar-refractivity contribution in [2.75, 3.05) is 10.0 Å². The number of aryl methyl sites for hydroxylation is 1. The second-order valence-corrected chi connectivity index (χ2v) is 7.35. The lowest BCUT2D eigenvalue weighted by molar-refractivity contribution is 0.598. The van der Waals surface area contributed by atoms with Gasteiger partial charge in [-0.05, 0) is 54.4 Å². The van der Waals surface area contributed by atoms with Crippen LogP contribution in [0.2, 0.25) is 0 Å². The molecule has 2 N–H and O–H groups in total. The Kier molecular flexibility index (Phi) is 5.13. The highest BCUT2D eigenvalue weighted by atomic mass is 32.2. The van der Waals surface area contributed by atoms with Crippen molar-refractivity contribution < 1.29 is 12.8 Å². The van der Waals surface area contributed by atoms with E-state index in [1.165, 1.54) is 25.3 Å². The number of nitrogens with one attached hydrogen (secondary N) is 2. The normalized spacial score (nSPS) is 11.2.